The average molecular weight is 565 g/mol. The second-order valence-electron chi connectivity index (χ2n) is 10.4. The quantitative estimate of drug-likeness (QED) is 0.347. The van der Waals surface area contributed by atoms with Crippen LogP contribution in [-0.2, 0) is 10.3 Å². The van der Waals surface area contributed by atoms with Crippen molar-refractivity contribution >= 4 is 40.9 Å². The second-order valence-corrected chi connectivity index (χ2v) is 11.2. The highest BCUT2D eigenvalue weighted by molar-refractivity contribution is 6.42. The summed E-state index contributed by atoms with van der Waals surface area (Å²) >= 11 is 12.5. The molecule has 2 aliphatic rings. The van der Waals surface area contributed by atoms with E-state index in [0.29, 0.717) is 21.2 Å². The normalized spacial score (nSPS) is 17.7. The highest BCUT2D eigenvalue weighted by Gasteiger charge is 2.38. The molecule has 2 aliphatic heterocycles. The highest BCUT2D eigenvalue weighted by Crippen LogP contribution is 2.35. The summed E-state index contributed by atoms with van der Waals surface area (Å²) < 4.78 is 0. The molecule has 2 heterocycles. The predicted molar refractivity (Wildman–Crippen MR) is 153 cm³/mol. The molecule has 3 amide bonds. The summed E-state index contributed by atoms with van der Waals surface area (Å²) in [4.78, 5) is 42.0. The van der Waals surface area contributed by atoms with Crippen LogP contribution >= 0.6 is 23.2 Å². The van der Waals surface area contributed by atoms with Gasteiger partial charge >= 0.3 is 0 Å². The number of halogens is 2. The van der Waals surface area contributed by atoms with E-state index in [9.17, 15) is 14.4 Å². The van der Waals surface area contributed by atoms with E-state index < -0.39 is 0 Å². The molecule has 3 aromatic carbocycles. The number of piperidine rings is 1. The van der Waals surface area contributed by atoms with Gasteiger partial charge in [0.1, 0.15) is 0 Å². The van der Waals surface area contributed by atoms with Gasteiger partial charge in [0.15, 0.2) is 0 Å². The van der Waals surface area contributed by atoms with Gasteiger partial charge < -0.3 is 10.2 Å². The Kier molecular flexibility index (Phi) is 8.08. The number of carbonyl (C=O) groups is 3. The molecule has 1 unspecified atom stereocenters. The maximum Gasteiger partial charge on any atom is 0.261 e. The third-order valence-corrected chi connectivity index (χ3v) is 8.68. The molecule has 1 N–H and O–H groups in total. The monoisotopic (exact) mass is 563 g/mol. The fourth-order valence-corrected chi connectivity index (χ4v) is 6.14. The van der Waals surface area contributed by atoms with Gasteiger partial charge in [-0.2, -0.15) is 0 Å². The zero-order valence-corrected chi connectivity index (χ0v) is 23.3. The summed E-state index contributed by atoms with van der Waals surface area (Å²) in [6.07, 6.45) is 2.32. The van der Waals surface area contributed by atoms with Gasteiger partial charge in [-0.25, -0.2) is 0 Å². The topological polar surface area (TPSA) is 69.7 Å². The minimum absolute atomic E-state index is 0.0343. The highest BCUT2D eigenvalue weighted by atomic mass is 35.5. The Balaban J connectivity index is 1.31. The Morgan fingerprint density at radius 1 is 0.897 bits per heavy atom. The fraction of sp³-hybridized carbons (Fsp3) is 0.323. The molecule has 1 atom stereocenters. The molecule has 0 radical (unpaired) electrons. The molecular formula is C31H31Cl2N3O3. The van der Waals surface area contributed by atoms with Crippen molar-refractivity contribution in [3.63, 3.8) is 0 Å². The lowest BCUT2D eigenvalue weighted by molar-refractivity contribution is -0.121. The number of fused-ring (bicyclic) bond motifs is 1. The van der Waals surface area contributed by atoms with Crippen molar-refractivity contribution in [2.75, 3.05) is 26.2 Å². The maximum atomic E-state index is 13.1. The van der Waals surface area contributed by atoms with Crippen molar-refractivity contribution in [1.82, 2.24) is 15.1 Å². The van der Waals surface area contributed by atoms with E-state index in [1.54, 1.807) is 37.3 Å². The molecular weight excluding hydrogens is 533 g/mol. The number of benzene rings is 3. The third kappa shape index (κ3) is 5.74. The van der Waals surface area contributed by atoms with Crippen LogP contribution < -0.4 is 5.32 Å². The number of hydrogen-bond acceptors (Lipinski definition) is 4. The van der Waals surface area contributed by atoms with Crippen LogP contribution in [0.5, 0.6) is 0 Å². The third-order valence-electron chi connectivity index (χ3n) is 7.94. The molecule has 5 rings (SSSR count). The summed E-state index contributed by atoms with van der Waals surface area (Å²) in [6, 6.07) is 22.6. The largest absolute Gasteiger partial charge is 0.347 e. The lowest BCUT2D eigenvalue weighted by atomic mass is 9.80. The Morgan fingerprint density at radius 3 is 2.10 bits per heavy atom. The first-order valence-corrected chi connectivity index (χ1v) is 14.0. The number of rotatable bonds is 8. The predicted octanol–water partition coefficient (Wildman–Crippen LogP) is 5.89. The van der Waals surface area contributed by atoms with Crippen molar-refractivity contribution in [2.45, 2.75) is 37.6 Å². The molecule has 1 saturated heterocycles. The lowest BCUT2D eigenvalue weighted by Gasteiger charge is -2.43. The molecule has 0 spiro atoms. The van der Waals surface area contributed by atoms with E-state index in [2.05, 4.69) is 22.3 Å². The van der Waals surface area contributed by atoms with E-state index in [-0.39, 0.29) is 35.7 Å². The molecule has 6 nitrogen and oxygen atoms in total. The van der Waals surface area contributed by atoms with E-state index in [1.165, 1.54) is 4.90 Å². The van der Waals surface area contributed by atoms with E-state index in [4.69, 9.17) is 23.2 Å². The fourth-order valence-electron chi connectivity index (χ4n) is 5.83. The van der Waals surface area contributed by atoms with Crippen molar-refractivity contribution in [1.29, 1.82) is 0 Å². The van der Waals surface area contributed by atoms with E-state index >= 15 is 0 Å². The number of imide groups is 1. The van der Waals surface area contributed by atoms with Crippen LogP contribution in [0, 0.1) is 0 Å². The molecule has 0 saturated carbocycles. The number of amides is 3. The van der Waals surface area contributed by atoms with E-state index in [1.807, 2.05) is 30.3 Å². The summed E-state index contributed by atoms with van der Waals surface area (Å²) in [7, 11) is 0. The molecule has 0 aliphatic carbocycles. The number of carbonyl (C=O) groups excluding carboxylic acids is 3. The van der Waals surface area contributed by atoms with Gasteiger partial charge in [-0.05, 0) is 61.2 Å². The minimum Gasteiger partial charge on any atom is -0.347 e. The Hall–Kier alpha value is -3.19. The number of nitrogens with zero attached hydrogens (tertiary/aromatic N) is 2. The van der Waals surface area contributed by atoms with Gasteiger partial charge in [0.25, 0.3) is 11.8 Å². The number of likely N-dealkylation sites (tertiary alicyclic amines) is 1. The maximum absolute atomic E-state index is 13.1. The van der Waals surface area contributed by atoms with Gasteiger partial charge in [-0.1, -0.05) is 71.7 Å². The van der Waals surface area contributed by atoms with Crippen LogP contribution in [0.1, 0.15) is 63.9 Å². The molecule has 39 heavy (non-hydrogen) atoms. The smallest absolute Gasteiger partial charge is 0.261 e. The Labute approximate surface area is 238 Å². The molecule has 0 bridgehead atoms. The van der Waals surface area contributed by atoms with Gasteiger partial charge in [-0.3, -0.25) is 19.3 Å². The second kappa shape index (κ2) is 11.5. The van der Waals surface area contributed by atoms with Crippen molar-refractivity contribution < 1.29 is 14.4 Å². The molecule has 1 fully saturated rings. The van der Waals surface area contributed by atoms with Crippen LogP contribution in [0.25, 0.3) is 0 Å². The van der Waals surface area contributed by atoms with Crippen molar-refractivity contribution in [3.8, 4) is 0 Å². The van der Waals surface area contributed by atoms with Crippen LogP contribution in [0.4, 0.5) is 0 Å². The average Bonchev–Trinajstić information content (AvgIpc) is 3.18. The zero-order valence-electron chi connectivity index (χ0n) is 21.8. The molecule has 3 aromatic rings. The summed E-state index contributed by atoms with van der Waals surface area (Å²) in [5.41, 5.74) is 2.57. The first kappa shape index (κ1) is 27.4. The SMILES string of the molecule is CC(=O)NC1(c2ccccc2)CCN(CCC(CN2C(=O)c3ccccc3C2=O)c2ccc(Cl)c(Cl)c2)CC1. The zero-order chi connectivity index (χ0) is 27.6. The Bertz CT molecular complexity index is 1350. The van der Waals surface area contributed by atoms with Gasteiger partial charge in [-0.15, -0.1) is 0 Å². The Morgan fingerprint density at radius 2 is 1.51 bits per heavy atom. The summed E-state index contributed by atoms with van der Waals surface area (Å²) in [5, 5.41) is 4.14. The lowest BCUT2D eigenvalue weighted by Crippen LogP contribution is -2.52. The van der Waals surface area contributed by atoms with Crippen LogP contribution in [0.3, 0.4) is 0 Å². The minimum atomic E-state index is -0.382. The summed E-state index contributed by atoms with van der Waals surface area (Å²) in [6.45, 7) is 4.24. The van der Waals surface area contributed by atoms with Crippen molar-refractivity contribution in [3.05, 3.63) is 105 Å². The first-order valence-electron chi connectivity index (χ1n) is 13.2. The molecule has 202 valence electrons. The first-order chi connectivity index (χ1) is 18.8. The van der Waals surface area contributed by atoms with Crippen LogP contribution in [0.15, 0.2) is 72.8 Å². The molecule has 0 aromatic heterocycles. The number of nitrogens with one attached hydrogen (secondary N) is 1. The van der Waals surface area contributed by atoms with Crippen LogP contribution in [-0.4, -0.2) is 53.7 Å². The van der Waals surface area contributed by atoms with Gasteiger partial charge in [0.2, 0.25) is 5.91 Å². The van der Waals surface area contributed by atoms with Gasteiger partial charge in [0, 0.05) is 32.5 Å². The summed E-state index contributed by atoms with van der Waals surface area (Å²) in [5.74, 6) is -0.672. The molecule has 8 heteroatoms. The van der Waals surface area contributed by atoms with Crippen molar-refractivity contribution in [2.24, 2.45) is 0 Å². The van der Waals surface area contributed by atoms with E-state index in [0.717, 1.165) is 50.0 Å². The standard InChI is InChI=1S/C31H31Cl2N3O3/c1-21(37)34-31(24-7-3-2-4-8-24)14-17-35(18-15-31)16-13-23(22-11-12-27(32)28(33)19-22)20-36-29(38)25-9-5-6-10-26(25)30(36)39/h2-12,19,23H,13-18,20H2,1H3,(H,34,37). The number of hydrogen-bond donors (Lipinski definition) is 1. The van der Waals surface area contributed by atoms with Crippen LogP contribution in [0.2, 0.25) is 10.0 Å². The van der Waals surface area contributed by atoms with Gasteiger partial charge in [0.05, 0.1) is 26.7 Å².